The number of halogens is 1. The van der Waals surface area contributed by atoms with Gasteiger partial charge >= 0.3 is 5.97 Å². The lowest BCUT2D eigenvalue weighted by Crippen LogP contribution is -2.16. The summed E-state index contributed by atoms with van der Waals surface area (Å²) in [5.74, 6) is -0.438. The largest absolute Gasteiger partial charge is 0.469 e. The van der Waals surface area contributed by atoms with Crippen molar-refractivity contribution in [2.24, 2.45) is 0 Å². The molecule has 0 saturated heterocycles. The van der Waals surface area contributed by atoms with Crippen molar-refractivity contribution in [3.05, 3.63) is 41.2 Å². The van der Waals surface area contributed by atoms with Crippen molar-refractivity contribution >= 4 is 17.3 Å². The van der Waals surface area contributed by atoms with E-state index in [1.807, 2.05) is 5.38 Å². The Hall–Kier alpha value is -1.79. The zero-order valence-corrected chi connectivity index (χ0v) is 12.6. The van der Waals surface area contributed by atoms with Gasteiger partial charge in [0.15, 0.2) is 0 Å². The van der Waals surface area contributed by atoms with Crippen molar-refractivity contribution in [1.82, 2.24) is 10.3 Å². The summed E-state index contributed by atoms with van der Waals surface area (Å²) in [6, 6.07) is 6.31. The molecule has 4 nitrogen and oxygen atoms in total. The van der Waals surface area contributed by atoms with Gasteiger partial charge in [-0.25, -0.2) is 9.37 Å². The highest BCUT2D eigenvalue weighted by Gasteiger charge is 2.05. The molecule has 0 spiro atoms. The number of esters is 1. The van der Waals surface area contributed by atoms with Gasteiger partial charge < -0.3 is 10.1 Å². The molecule has 0 fully saturated rings. The highest BCUT2D eigenvalue weighted by molar-refractivity contribution is 7.13. The molecular formula is C15H17FN2O2S. The van der Waals surface area contributed by atoms with E-state index in [-0.39, 0.29) is 11.8 Å². The highest BCUT2D eigenvalue weighted by atomic mass is 32.1. The first-order chi connectivity index (χ1) is 10.2. The first kappa shape index (κ1) is 15.6. The number of methoxy groups -OCH3 is 1. The van der Waals surface area contributed by atoms with Gasteiger partial charge in [-0.3, -0.25) is 4.79 Å². The number of thiazole rings is 1. The molecule has 0 saturated carbocycles. The summed E-state index contributed by atoms with van der Waals surface area (Å²) in [6.45, 7) is 1.39. The van der Waals surface area contributed by atoms with Crippen LogP contribution < -0.4 is 5.32 Å². The van der Waals surface area contributed by atoms with E-state index in [0.29, 0.717) is 13.0 Å². The molecule has 0 atom stereocenters. The molecule has 21 heavy (non-hydrogen) atoms. The fraction of sp³-hybridized carbons (Fsp3) is 0.333. The summed E-state index contributed by atoms with van der Waals surface area (Å²) in [4.78, 5) is 15.4. The van der Waals surface area contributed by atoms with Crippen LogP contribution in [-0.2, 0) is 16.1 Å². The Balaban J connectivity index is 1.78. The van der Waals surface area contributed by atoms with Gasteiger partial charge in [0.25, 0.3) is 0 Å². The third-order valence-corrected chi connectivity index (χ3v) is 3.85. The molecule has 1 aromatic heterocycles. The summed E-state index contributed by atoms with van der Waals surface area (Å²) in [5.41, 5.74) is 1.86. The van der Waals surface area contributed by atoms with E-state index in [1.54, 1.807) is 12.1 Å². The average molecular weight is 308 g/mol. The second-order valence-corrected chi connectivity index (χ2v) is 5.37. The minimum atomic E-state index is -0.247. The molecule has 0 radical (unpaired) electrons. The molecule has 0 unspecified atom stereocenters. The average Bonchev–Trinajstić information content (AvgIpc) is 2.96. The van der Waals surface area contributed by atoms with Crippen LogP contribution >= 0.6 is 11.3 Å². The minimum absolute atomic E-state index is 0.191. The summed E-state index contributed by atoms with van der Waals surface area (Å²) < 4.78 is 17.4. The number of nitrogens with one attached hydrogen (secondary N) is 1. The maximum Gasteiger partial charge on any atom is 0.305 e. The number of nitrogens with zero attached hydrogens (tertiary/aromatic N) is 1. The molecule has 1 heterocycles. The summed E-state index contributed by atoms with van der Waals surface area (Å²) in [6.07, 6.45) is 1.16. The molecule has 2 rings (SSSR count). The second kappa shape index (κ2) is 7.85. The Morgan fingerprint density at radius 3 is 2.86 bits per heavy atom. The molecule has 1 N–H and O–H groups in total. The number of hydrogen-bond acceptors (Lipinski definition) is 5. The molecule has 2 aromatic rings. The molecule has 112 valence electrons. The molecule has 0 aliphatic carbocycles. The molecule has 0 amide bonds. The van der Waals surface area contributed by atoms with Gasteiger partial charge in [0, 0.05) is 23.9 Å². The van der Waals surface area contributed by atoms with Crippen LogP contribution in [-0.4, -0.2) is 24.6 Å². The molecule has 0 aliphatic rings. The molecule has 6 heteroatoms. The summed E-state index contributed by atoms with van der Waals surface area (Å²) >= 11 is 1.53. The van der Waals surface area contributed by atoms with Gasteiger partial charge in [0.2, 0.25) is 0 Å². The number of hydrogen-bond donors (Lipinski definition) is 1. The lowest BCUT2D eigenvalue weighted by atomic mass is 10.2. The van der Waals surface area contributed by atoms with E-state index < -0.39 is 0 Å². The van der Waals surface area contributed by atoms with Gasteiger partial charge in [-0.1, -0.05) is 0 Å². The van der Waals surface area contributed by atoms with Gasteiger partial charge in [-0.05, 0) is 37.2 Å². The van der Waals surface area contributed by atoms with Crippen molar-refractivity contribution in [2.45, 2.75) is 19.4 Å². The maximum atomic E-state index is 12.9. The smallest absolute Gasteiger partial charge is 0.305 e. The number of benzene rings is 1. The van der Waals surface area contributed by atoms with Gasteiger partial charge in [0.05, 0.1) is 12.8 Å². The Kier molecular flexibility index (Phi) is 5.83. The van der Waals surface area contributed by atoms with Gasteiger partial charge in [0.1, 0.15) is 10.8 Å². The van der Waals surface area contributed by atoms with Crippen molar-refractivity contribution in [1.29, 1.82) is 0 Å². The number of aromatic nitrogens is 1. The van der Waals surface area contributed by atoms with E-state index >= 15 is 0 Å². The van der Waals surface area contributed by atoms with Crippen LogP contribution in [0.25, 0.3) is 10.6 Å². The standard InChI is InChI=1S/C15H17FN2O2S/c1-20-14(19)3-2-8-17-9-13-10-21-15(18-13)11-4-6-12(16)7-5-11/h4-7,10,17H,2-3,8-9H2,1H3. The number of carbonyl (C=O) groups excluding carboxylic acids is 1. The van der Waals surface area contributed by atoms with E-state index in [2.05, 4.69) is 15.0 Å². The lowest BCUT2D eigenvalue weighted by Gasteiger charge is -2.02. The topological polar surface area (TPSA) is 51.2 Å². The Morgan fingerprint density at radius 1 is 1.38 bits per heavy atom. The van der Waals surface area contributed by atoms with E-state index in [4.69, 9.17) is 0 Å². The fourth-order valence-electron chi connectivity index (χ4n) is 1.79. The van der Waals surface area contributed by atoms with Gasteiger partial charge in [-0.2, -0.15) is 0 Å². The van der Waals surface area contributed by atoms with Crippen molar-refractivity contribution < 1.29 is 13.9 Å². The normalized spacial score (nSPS) is 10.6. The fourth-order valence-corrected chi connectivity index (χ4v) is 2.62. The first-order valence-electron chi connectivity index (χ1n) is 6.67. The van der Waals surface area contributed by atoms with E-state index in [0.717, 1.165) is 29.2 Å². The lowest BCUT2D eigenvalue weighted by molar-refractivity contribution is -0.140. The molecule has 0 bridgehead atoms. The number of carbonyl (C=O) groups is 1. The predicted octanol–water partition coefficient (Wildman–Crippen LogP) is 2.99. The Bertz CT molecular complexity index is 584. The zero-order chi connectivity index (χ0) is 15.1. The minimum Gasteiger partial charge on any atom is -0.469 e. The van der Waals surface area contributed by atoms with E-state index in [9.17, 15) is 9.18 Å². The van der Waals surface area contributed by atoms with Crippen LogP contribution in [0.4, 0.5) is 4.39 Å². The quantitative estimate of drug-likeness (QED) is 0.631. The third kappa shape index (κ3) is 4.91. The third-order valence-electron chi connectivity index (χ3n) is 2.91. The Labute approximate surface area is 127 Å². The SMILES string of the molecule is COC(=O)CCCNCc1csc(-c2ccc(F)cc2)n1. The van der Waals surface area contributed by atoms with Crippen molar-refractivity contribution in [3.8, 4) is 10.6 Å². The van der Waals surface area contributed by atoms with Crippen LogP contribution in [0.2, 0.25) is 0 Å². The molecular weight excluding hydrogens is 291 g/mol. The Morgan fingerprint density at radius 2 is 2.14 bits per heavy atom. The van der Waals surface area contributed by atoms with Crippen LogP contribution in [0, 0.1) is 5.82 Å². The van der Waals surface area contributed by atoms with Crippen LogP contribution in [0.15, 0.2) is 29.6 Å². The van der Waals surface area contributed by atoms with Crippen LogP contribution in [0.1, 0.15) is 18.5 Å². The number of rotatable bonds is 7. The maximum absolute atomic E-state index is 12.9. The highest BCUT2D eigenvalue weighted by Crippen LogP contribution is 2.23. The van der Waals surface area contributed by atoms with E-state index in [1.165, 1.54) is 30.6 Å². The summed E-state index contributed by atoms with van der Waals surface area (Å²) in [7, 11) is 1.39. The second-order valence-electron chi connectivity index (χ2n) is 4.51. The summed E-state index contributed by atoms with van der Waals surface area (Å²) in [5, 5.41) is 6.09. The predicted molar refractivity (Wildman–Crippen MR) is 80.5 cm³/mol. The number of ether oxygens (including phenoxy) is 1. The molecule has 0 aliphatic heterocycles. The van der Waals surface area contributed by atoms with Crippen molar-refractivity contribution in [2.75, 3.05) is 13.7 Å². The first-order valence-corrected chi connectivity index (χ1v) is 7.55. The van der Waals surface area contributed by atoms with Gasteiger partial charge in [-0.15, -0.1) is 11.3 Å². The molecule has 1 aromatic carbocycles. The van der Waals surface area contributed by atoms with Crippen LogP contribution in [0.3, 0.4) is 0 Å². The monoisotopic (exact) mass is 308 g/mol. The van der Waals surface area contributed by atoms with Crippen LogP contribution in [0.5, 0.6) is 0 Å². The zero-order valence-electron chi connectivity index (χ0n) is 11.8. The van der Waals surface area contributed by atoms with Crippen molar-refractivity contribution in [3.63, 3.8) is 0 Å².